The van der Waals surface area contributed by atoms with E-state index in [2.05, 4.69) is 41.1 Å². The van der Waals surface area contributed by atoms with Crippen molar-refractivity contribution in [2.75, 3.05) is 5.32 Å². The number of nitrogens with one attached hydrogen (secondary N) is 1. The highest BCUT2D eigenvalue weighted by Gasteiger charge is 2.30. The second kappa shape index (κ2) is 9.67. The average Bonchev–Trinajstić information content (AvgIpc) is 3.61. The number of halogens is 3. The van der Waals surface area contributed by atoms with Crippen LogP contribution < -0.4 is 10.1 Å². The summed E-state index contributed by atoms with van der Waals surface area (Å²) in [5.41, 5.74) is 1.94. The van der Waals surface area contributed by atoms with Gasteiger partial charge in [0.15, 0.2) is 0 Å². The fourth-order valence-corrected chi connectivity index (χ4v) is 3.42. The maximum Gasteiger partial charge on any atom is 0.417 e. The number of rotatable bonds is 8. The number of pyridine rings is 1. The molecular weight excluding hydrogens is 493 g/mol. The maximum atomic E-state index is 12.8. The zero-order chi connectivity index (χ0) is 26.0. The molecule has 0 fully saturated rings. The molecule has 0 bridgehead atoms. The predicted molar refractivity (Wildman–Crippen MR) is 122 cm³/mol. The van der Waals surface area contributed by atoms with Gasteiger partial charge in [-0.05, 0) is 28.1 Å². The van der Waals surface area contributed by atoms with Gasteiger partial charge in [-0.2, -0.15) is 23.3 Å². The fraction of sp³-hybridized carbons (Fsp3) is 0.227. The molecule has 15 heteroatoms. The molecule has 0 atom stereocenters. The van der Waals surface area contributed by atoms with Crippen LogP contribution in [0, 0.1) is 0 Å². The summed E-state index contributed by atoms with van der Waals surface area (Å²) in [5, 5.41) is 22.7. The highest BCUT2D eigenvalue weighted by molar-refractivity contribution is 5.61. The van der Waals surface area contributed by atoms with E-state index in [1.54, 1.807) is 25.0 Å². The van der Waals surface area contributed by atoms with Gasteiger partial charge in [-0.15, -0.1) is 0 Å². The molecule has 4 heterocycles. The zero-order valence-electron chi connectivity index (χ0n) is 19.5. The van der Waals surface area contributed by atoms with Gasteiger partial charge in [0.05, 0.1) is 23.0 Å². The first-order valence-electron chi connectivity index (χ1n) is 10.8. The summed E-state index contributed by atoms with van der Waals surface area (Å²) in [5.74, 6) is 1.16. The van der Waals surface area contributed by atoms with Crippen molar-refractivity contribution in [1.29, 1.82) is 0 Å². The molecule has 0 radical (unpaired) electrons. The van der Waals surface area contributed by atoms with E-state index in [9.17, 15) is 13.2 Å². The first-order chi connectivity index (χ1) is 17.8. The minimum absolute atomic E-state index is 0.0278. The van der Waals surface area contributed by atoms with E-state index in [1.165, 1.54) is 4.68 Å². The van der Waals surface area contributed by atoms with Gasteiger partial charge in [-0.25, -0.2) is 9.67 Å². The quantitative estimate of drug-likeness (QED) is 0.330. The molecule has 0 aliphatic carbocycles. The minimum Gasteiger partial charge on any atom is -0.471 e. The Labute approximate surface area is 207 Å². The van der Waals surface area contributed by atoms with Gasteiger partial charge < -0.3 is 14.6 Å². The van der Waals surface area contributed by atoms with Crippen LogP contribution in [-0.2, 0) is 33.4 Å². The van der Waals surface area contributed by atoms with Gasteiger partial charge in [-0.3, -0.25) is 4.68 Å². The Balaban J connectivity index is 1.30. The molecule has 0 saturated heterocycles. The van der Waals surface area contributed by atoms with Gasteiger partial charge in [0, 0.05) is 38.5 Å². The third-order valence-electron chi connectivity index (χ3n) is 5.39. The predicted octanol–water partition coefficient (Wildman–Crippen LogP) is 3.27. The minimum atomic E-state index is -4.47. The van der Waals surface area contributed by atoms with Gasteiger partial charge in [0.25, 0.3) is 5.89 Å². The normalized spacial score (nSPS) is 11.6. The second-order valence-corrected chi connectivity index (χ2v) is 7.90. The summed E-state index contributed by atoms with van der Waals surface area (Å²) in [6.07, 6.45) is -2.21. The number of benzene rings is 1. The molecule has 1 aromatic carbocycles. The topological polar surface area (TPSA) is 134 Å². The number of hydrogen-bond donors (Lipinski definition) is 1. The number of aromatic nitrogens is 9. The molecule has 12 nitrogen and oxygen atoms in total. The molecule has 37 heavy (non-hydrogen) atoms. The Bertz CT molecular complexity index is 1510. The number of nitrogens with zero attached hydrogens (tertiary/aromatic N) is 9. The van der Waals surface area contributed by atoms with Crippen molar-refractivity contribution in [3.63, 3.8) is 0 Å². The summed E-state index contributed by atoms with van der Waals surface area (Å²) in [6, 6.07) is 9.64. The van der Waals surface area contributed by atoms with Crippen LogP contribution in [0.5, 0.6) is 5.88 Å². The van der Waals surface area contributed by atoms with Crippen molar-refractivity contribution in [2.45, 2.75) is 19.3 Å². The zero-order valence-corrected chi connectivity index (χ0v) is 19.5. The number of alkyl halides is 3. The molecule has 0 amide bonds. The van der Waals surface area contributed by atoms with Crippen molar-refractivity contribution in [3.05, 3.63) is 65.6 Å². The molecule has 0 unspecified atom stereocenters. The molecule has 0 aliphatic heterocycles. The van der Waals surface area contributed by atoms with E-state index in [0.717, 1.165) is 29.5 Å². The first kappa shape index (κ1) is 23.9. The first-order valence-corrected chi connectivity index (χ1v) is 10.8. The van der Waals surface area contributed by atoms with Gasteiger partial charge in [0.1, 0.15) is 6.61 Å². The summed E-state index contributed by atoms with van der Waals surface area (Å²) >= 11 is 0. The van der Waals surface area contributed by atoms with Gasteiger partial charge in [0.2, 0.25) is 17.7 Å². The summed E-state index contributed by atoms with van der Waals surface area (Å²) in [4.78, 5) is 8.22. The molecule has 5 aromatic rings. The van der Waals surface area contributed by atoms with Crippen LogP contribution in [0.15, 0.2) is 53.3 Å². The van der Waals surface area contributed by atoms with E-state index in [1.807, 2.05) is 24.3 Å². The summed E-state index contributed by atoms with van der Waals surface area (Å²) < 4.78 is 52.4. The average molecular weight is 512 g/mol. The van der Waals surface area contributed by atoms with Crippen LogP contribution in [0.2, 0.25) is 0 Å². The number of anilines is 1. The van der Waals surface area contributed by atoms with E-state index in [-0.39, 0.29) is 18.4 Å². The molecule has 1 N–H and O–H groups in total. The Morgan fingerprint density at radius 2 is 1.95 bits per heavy atom. The van der Waals surface area contributed by atoms with E-state index >= 15 is 0 Å². The van der Waals surface area contributed by atoms with Crippen molar-refractivity contribution < 1.29 is 22.4 Å². The fourth-order valence-electron chi connectivity index (χ4n) is 3.42. The molecule has 0 aliphatic rings. The smallest absolute Gasteiger partial charge is 0.417 e. The molecule has 190 valence electrons. The third-order valence-corrected chi connectivity index (χ3v) is 5.39. The van der Waals surface area contributed by atoms with E-state index in [4.69, 9.17) is 9.26 Å². The SMILES string of the molecule is Cn1nnnc1NCc1cccc(-c2noc(-c3cnn(C)c3COc3ccc(C(F)(F)F)cn3)n2)c1. The number of hydrogen-bond acceptors (Lipinski definition) is 10. The van der Waals surface area contributed by atoms with Crippen LogP contribution in [0.4, 0.5) is 19.1 Å². The Kier molecular flexibility index (Phi) is 6.25. The van der Waals surface area contributed by atoms with Crippen LogP contribution in [0.25, 0.3) is 22.8 Å². The standard InChI is InChI=1S/C22H19F3N10O2/c1-34-17(12-36-18-7-6-15(10-26-18)22(23,24)25)16(11-28-34)20-29-19(31-37-20)14-5-3-4-13(8-14)9-27-21-30-32-33-35(21)2/h3-8,10-11H,9,12H2,1-2H3,(H,27,30,33). The number of tetrazole rings is 1. The molecule has 4 aromatic heterocycles. The largest absolute Gasteiger partial charge is 0.471 e. The lowest BCUT2D eigenvalue weighted by molar-refractivity contribution is -0.137. The second-order valence-electron chi connectivity index (χ2n) is 7.90. The highest BCUT2D eigenvalue weighted by Crippen LogP contribution is 2.30. The Hall–Kier alpha value is -4.82. The van der Waals surface area contributed by atoms with Gasteiger partial charge >= 0.3 is 6.18 Å². The number of ether oxygens (including phenoxy) is 1. The maximum absolute atomic E-state index is 12.8. The third kappa shape index (κ3) is 5.24. The lowest BCUT2D eigenvalue weighted by Gasteiger charge is -2.09. The van der Waals surface area contributed by atoms with Crippen LogP contribution in [0.1, 0.15) is 16.8 Å². The van der Waals surface area contributed by atoms with Crippen molar-refractivity contribution in [1.82, 2.24) is 45.1 Å². The van der Waals surface area contributed by atoms with E-state index < -0.39 is 11.7 Å². The summed E-state index contributed by atoms with van der Waals surface area (Å²) in [6.45, 7) is 0.453. The molecule has 0 spiro atoms. The Morgan fingerprint density at radius 1 is 1.08 bits per heavy atom. The van der Waals surface area contributed by atoms with Crippen molar-refractivity contribution in [2.24, 2.45) is 14.1 Å². The van der Waals surface area contributed by atoms with Crippen LogP contribution in [0.3, 0.4) is 0 Å². The van der Waals surface area contributed by atoms with Crippen molar-refractivity contribution in [3.8, 4) is 28.7 Å². The highest BCUT2D eigenvalue weighted by atomic mass is 19.4. The lowest BCUT2D eigenvalue weighted by atomic mass is 10.1. The molecule has 0 saturated carbocycles. The van der Waals surface area contributed by atoms with Gasteiger partial charge in [-0.1, -0.05) is 28.5 Å². The van der Waals surface area contributed by atoms with Crippen molar-refractivity contribution >= 4 is 5.95 Å². The Morgan fingerprint density at radius 3 is 2.68 bits per heavy atom. The molecule has 5 rings (SSSR count). The van der Waals surface area contributed by atoms with Crippen LogP contribution >= 0.6 is 0 Å². The van der Waals surface area contributed by atoms with Crippen LogP contribution in [-0.4, -0.2) is 45.1 Å². The summed E-state index contributed by atoms with van der Waals surface area (Å²) in [7, 11) is 3.43. The monoisotopic (exact) mass is 512 g/mol. The van der Waals surface area contributed by atoms with E-state index in [0.29, 0.717) is 29.6 Å². The molecular formula is C22H19F3N10O2. The number of aryl methyl sites for hydroxylation is 2. The lowest BCUT2D eigenvalue weighted by Crippen LogP contribution is -2.07.